The van der Waals surface area contributed by atoms with Crippen molar-refractivity contribution in [2.75, 3.05) is 6.61 Å². The predicted octanol–water partition coefficient (Wildman–Crippen LogP) is 4.93. The van der Waals surface area contributed by atoms with Crippen molar-refractivity contribution < 1.29 is 14.4 Å². The average molecular weight is 582 g/mol. The summed E-state index contributed by atoms with van der Waals surface area (Å²) < 4.78 is 7.11. The zero-order valence-corrected chi connectivity index (χ0v) is 24.4. The molecule has 0 radical (unpaired) electrons. The fourth-order valence-corrected chi connectivity index (χ4v) is 5.32. The van der Waals surface area contributed by atoms with Gasteiger partial charge in [-0.3, -0.25) is 15.1 Å². The van der Waals surface area contributed by atoms with E-state index < -0.39 is 12.3 Å². The third-order valence-electron chi connectivity index (χ3n) is 7.66. The number of carbonyl (C=O) groups excluding carboxylic acids is 1. The van der Waals surface area contributed by atoms with Crippen molar-refractivity contribution in [3.63, 3.8) is 0 Å². The maximum atomic E-state index is 14.2. The Morgan fingerprint density at radius 1 is 1.00 bits per heavy atom. The fourth-order valence-electron chi connectivity index (χ4n) is 5.32. The van der Waals surface area contributed by atoms with Gasteiger partial charge in [0.2, 0.25) is 5.95 Å². The Morgan fingerprint density at radius 2 is 1.81 bits per heavy atom. The molecule has 1 saturated carbocycles. The first-order valence-corrected chi connectivity index (χ1v) is 14.9. The van der Waals surface area contributed by atoms with Crippen LogP contribution in [0.25, 0.3) is 17.2 Å². The average Bonchev–Trinajstić information content (AvgIpc) is 3.79. The molecule has 1 aliphatic heterocycles. The van der Waals surface area contributed by atoms with E-state index in [2.05, 4.69) is 27.7 Å². The SMILES string of the molecule is CCCCCc1nc(C2CC2)n(-c2ncc(OCC)cn2)c(=O)c1Cc1ccc(-c2ccccc2C2NOC(=O)N2)nc1. The number of ether oxygens (including phenoxy) is 1. The standard InChI is InChI=1S/C32H35N7O4/c1-3-5-6-11-27-25(30(40)39(29(36-27)21-13-14-21)31-34-18-22(19-35-31)42-4-2)16-20-12-15-26(33-17-20)23-9-7-8-10-24(23)28-37-32(41)43-38-28/h7-10,12,15,17-19,21,28,38H,3-6,11,13-14,16H2,1-2H3,(H,37,41). The molecule has 1 aromatic carbocycles. The Hall–Kier alpha value is -4.64. The summed E-state index contributed by atoms with van der Waals surface area (Å²) in [6, 6.07) is 11.6. The summed E-state index contributed by atoms with van der Waals surface area (Å²) in [6.45, 7) is 4.58. The highest BCUT2D eigenvalue weighted by Crippen LogP contribution is 2.39. The smallest absolute Gasteiger partial charge is 0.427 e. The summed E-state index contributed by atoms with van der Waals surface area (Å²) >= 11 is 0. The molecule has 11 nitrogen and oxygen atoms in total. The van der Waals surface area contributed by atoms with E-state index in [1.807, 2.05) is 43.3 Å². The van der Waals surface area contributed by atoms with Gasteiger partial charge < -0.3 is 9.57 Å². The summed E-state index contributed by atoms with van der Waals surface area (Å²) in [5, 5.41) is 2.74. The number of hydrogen-bond donors (Lipinski definition) is 2. The van der Waals surface area contributed by atoms with Gasteiger partial charge in [-0.25, -0.2) is 24.3 Å². The zero-order valence-electron chi connectivity index (χ0n) is 24.4. The van der Waals surface area contributed by atoms with Gasteiger partial charge in [0.1, 0.15) is 12.0 Å². The zero-order chi connectivity index (χ0) is 29.8. The second-order valence-electron chi connectivity index (χ2n) is 10.8. The van der Waals surface area contributed by atoms with Gasteiger partial charge in [-0.1, -0.05) is 50.1 Å². The van der Waals surface area contributed by atoms with Gasteiger partial charge in [0.15, 0.2) is 5.75 Å². The number of amides is 1. The molecule has 1 saturated heterocycles. The van der Waals surface area contributed by atoms with Crippen LogP contribution in [0.5, 0.6) is 5.75 Å². The summed E-state index contributed by atoms with van der Waals surface area (Å²) in [5.41, 5.74) is 7.40. The molecule has 1 amide bonds. The summed E-state index contributed by atoms with van der Waals surface area (Å²) in [6.07, 6.45) is 10.2. The monoisotopic (exact) mass is 581 g/mol. The maximum Gasteiger partial charge on any atom is 0.427 e. The van der Waals surface area contributed by atoms with Crippen LogP contribution in [0.15, 0.2) is 59.8 Å². The Bertz CT molecular complexity index is 1650. The predicted molar refractivity (Wildman–Crippen MR) is 160 cm³/mol. The van der Waals surface area contributed by atoms with Crippen LogP contribution >= 0.6 is 0 Å². The third kappa shape index (κ3) is 6.26. The Balaban J connectivity index is 1.35. The topological polar surface area (TPSA) is 133 Å². The van der Waals surface area contributed by atoms with E-state index in [1.165, 1.54) is 0 Å². The molecule has 1 aliphatic carbocycles. The van der Waals surface area contributed by atoms with E-state index in [9.17, 15) is 9.59 Å². The molecular formula is C32H35N7O4. The molecule has 6 rings (SSSR count). The molecule has 0 bridgehead atoms. The largest absolute Gasteiger partial charge is 0.491 e. The number of hydrogen-bond acceptors (Lipinski definition) is 9. The van der Waals surface area contributed by atoms with E-state index in [0.29, 0.717) is 30.3 Å². The van der Waals surface area contributed by atoms with Crippen LogP contribution in [-0.4, -0.2) is 37.2 Å². The fraction of sp³-hybridized carbons (Fsp3) is 0.375. The lowest BCUT2D eigenvalue weighted by Crippen LogP contribution is -2.30. The normalized spacial score (nSPS) is 16.1. The molecule has 4 heterocycles. The number of rotatable bonds is 12. The molecule has 0 spiro atoms. The molecule has 1 atom stereocenters. The van der Waals surface area contributed by atoms with Crippen LogP contribution in [0.2, 0.25) is 0 Å². The Kier molecular flexibility index (Phi) is 8.41. The highest BCUT2D eigenvalue weighted by molar-refractivity contribution is 5.71. The molecule has 2 fully saturated rings. The molecule has 4 aromatic rings. The number of benzene rings is 1. The van der Waals surface area contributed by atoms with Crippen LogP contribution < -0.4 is 21.1 Å². The molecule has 2 aliphatic rings. The lowest BCUT2D eigenvalue weighted by atomic mass is 9.99. The minimum absolute atomic E-state index is 0.134. The van der Waals surface area contributed by atoms with Crippen LogP contribution in [0, 0.1) is 0 Å². The lowest BCUT2D eigenvalue weighted by Gasteiger charge is -2.17. The van der Waals surface area contributed by atoms with Crippen molar-refractivity contribution in [3.05, 3.63) is 93.6 Å². The highest BCUT2D eigenvalue weighted by atomic mass is 16.7. The Morgan fingerprint density at radius 3 is 2.49 bits per heavy atom. The first kappa shape index (κ1) is 28.5. The number of nitrogens with one attached hydrogen (secondary N) is 2. The molecule has 11 heteroatoms. The van der Waals surface area contributed by atoms with E-state index >= 15 is 0 Å². The summed E-state index contributed by atoms with van der Waals surface area (Å²) in [7, 11) is 0. The van der Waals surface area contributed by atoms with Gasteiger partial charge in [0, 0.05) is 35.2 Å². The molecule has 43 heavy (non-hydrogen) atoms. The van der Waals surface area contributed by atoms with Gasteiger partial charge in [-0.05, 0) is 44.2 Å². The quantitative estimate of drug-likeness (QED) is 0.224. The second kappa shape index (κ2) is 12.7. The maximum absolute atomic E-state index is 14.2. The Labute approximate surface area is 249 Å². The van der Waals surface area contributed by atoms with E-state index in [4.69, 9.17) is 19.5 Å². The number of pyridine rings is 1. The number of unbranched alkanes of at least 4 members (excludes halogenated alkanes) is 2. The van der Waals surface area contributed by atoms with Crippen LogP contribution in [0.4, 0.5) is 4.79 Å². The minimum Gasteiger partial charge on any atom is -0.491 e. The molecule has 1 unspecified atom stereocenters. The molecular weight excluding hydrogens is 546 g/mol. The first-order chi connectivity index (χ1) is 21.1. The molecule has 2 N–H and O–H groups in total. The number of nitrogens with zero attached hydrogens (tertiary/aromatic N) is 5. The number of aromatic nitrogens is 5. The van der Waals surface area contributed by atoms with Gasteiger partial charge in [0.05, 0.1) is 30.4 Å². The molecule has 222 valence electrons. The van der Waals surface area contributed by atoms with E-state index in [0.717, 1.165) is 72.4 Å². The van der Waals surface area contributed by atoms with Gasteiger partial charge in [0.25, 0.3) is 5.56 Å². The number of aryl methyl sites for hydroxylation is 1. The van der Waals surface area contributed by atoms with Gasteiger partial charge >= 0.3 is 6.09 Å². The first-order valence-electron chi connectivity index (χ1n) is 14.9. The van der Waals surface area contributed by atoms with Crippen LogP contribution in [0.3, 0.4) is 0 Å². The van der Waals surface area contributed by atoms with Gasteiger partial charge in [-0.15, -0.1) is 5.48 Å². The third-order valence-corrected chi connectivity index (χ3v) is 7.66. The number of hydroxylamine groups is 1. The van der Waals surface area contributed by atoms with E-state index in [-0.39, 0.29) is 11.5 Å². The van der Waals surface area contributed by atoms with Crippen molar-refractivity contribution in [1.82, 2.24) is 35.3 Å². The van der Waals surface area contributed by atoms with Crippen molar-refractivity contribution >= 4 is 6.09 Å². The van der Waals surface area contributed by atoms with Crippen molar-refractivity contribution in [3.8, 4) is 23.0 Å². The van der Waals surface area contributed by atoms with Crippen molar-refractivity contribution in [1.29, 1.82) is 0 Å². The second-order valence-corrected chi connectivity index (χ2v) is 10.8. The summed E-state index contributed by atoms with van der Waals surface area (Å²) in [5.74, 6) is 1.84. The number of carbonyl (C=O) groups is 1. The summed E-state index contributed by atoms with van der Waals surface area (Å²) in [4.78, 5) is 49.5. The van der Waals surface area contributed by atoms with Crippen LogP contribution in [0.1, 0.15) is 86.2 Å². The van der Waals surface area contributed by atoms with Gasteiger partial charge in [-0.2, -0.15) is 0 Å². The minimum atomic E-state index is -0.527. The van der Waals surface area contributed by atoms with Crippen LogP contribution in [-0.2, 0) is 17.7 Å². The molecule has 3 aromatic heterocycles. The van der Waals surface area contributed by atoms with Crippen molar-refractivity contribution in [2.45, 2.75) is 70.9 Å². The van der Waals surface area contributed by atoms with E-state index in [1.54, 1.807) is 23.2 Å². The highest BCUT2D eigenvalue weighted by Gasteiger charge is 2.32. The van der Waals surface area contributed by atoms with Crippen molar-refractivity contribution in [2.24, 2.45) is 0 Å². The lowest BCUT2D eigenvalue weighted by molar-refractivity contribution is 0.122.